The van der Waals surface area contributed by atoms with E-state index in [-0.39, 0.29) is 5.91 Å². The van der Waals surface area contributed by atoms with Gasteiger partial charge in [-0.3, -0.25) is 4.79 Å². The van der Waals surface area contributed by atoms with Crippen molar-refractivity contribution in [1.82, 2.24) is 0 Å². The van der Waals surface area contributed by atoms with Crippen molar-refractivity contribution in [3.63, 3.8) is 0 Å². The molecule has 0 saturated heterocycles. The smallest absolute Gasteiger partial charge is 0.337 e. The molecule has 1 amide bonds. The van der Waals surface area contributed by atoms with Gasteiger partial charge in [0.25, 0.3) is 5.91 Å². The first-order valence-electron chi connectivity index (χ1n) is 8.96. The number of esters is 2. The van der Waals surface area contributed by atoms with Crippen LogP contribution in [0.15, 0.2) is 54.6 Å². The summed E-state index contributed by atoms with van der Waals surface area (Å²) in [5.41, 5.74) is 3.13. The van der Waals surface area contributed by atoms with E-state index in [1.54, 1.807) is 42.2 Å². The Kier molecular flexibility index (Phi) is 5.89. The molecule has 1 aliphatic heterocycles. The molecule has 2 aromatic rings. The molecule has 28 heavy (non-hydrogen) atoms. The summed E-state index contributed by atoms with van der Waals surface area (Å²) >= 11 is 0. The van der Waals surface area contributed by atoms with Gasteiger partial charge in [0.2, 0.25) is 0 Å². The lowest BCUT2D eigenvalue weighted by Gasteiger charge is -2.21. The number of benzene rings is 2. The number of anilines is 1. The van der Waals surface area contributed by atoms with Gasteiger partial charge in [-0.05, 0) is 48.7 Å². The second-order valence-electron chi connectivity index (χ2n) is 6.39. The zero-order chi connectivity index (χ0) is 20.1. The lowest BCUT2D eigenvalue weighted by molar-refractivity contribution is -0.149. The van der Waals surface area contributed by atoms with Crippen LogP contribution < -0.4 is 4.90 Å². The number of ether oxygens (including phenoxy) is 2. The third-order valence-electron chi connectivity index (χ3n) is 4.54. The lowest BCUT2D eigenvalue weighted by Crippen LogP contribution is -2.38. The van der Waals surface area contributed by atoms with E-state index in [2.05, 4.69) is 4.74 Å². The number of methoxy groups -OCH3 is 1. The summed E-state index contributed by atoms with van der Waals surface area (Å²) < 4.78 is 9.89. The molecule has 0 radical (unpaired) electrons. The van der Waals surface area contributed by atoms with E-state index in [4.69, 9.17) is 4.74 Å². The van der Waals surface area contributed by atoms with Crippen LogP contribution in [0, 0.1) is 0 Å². The van der Waals surface area contributed by atoms with Gasteiger partial charge in [-0.2, -0.15) is 0 Å². The lowest BCUT2D eigenvalue weighted by atomic mass is 10.1. The van der Waals surface area contributed by atoms with Crippen molar-refractivity contribution in [3.05, 3.63) is 71.3 Å². The highest BCUT2D eigenvalue weighted by atomic mass is 16.5. The SMILES string of the molecule is COC(=O)c1ccc(/C=C/C(=O)O[C@H](C)C(=O)N2CCc3ccccc32)cc1. The minimum absolute atomic E-state index is 0.242. The first-order chi connectivity index (χ1) is 13.5. The van der Waals surface area contributed by atoms with Crippen LogP contribution in [-0.4, -0.2) is 37.6 Å². The predicted octanol–water partition coefficient (Wildman–Crippen LogP) is 3.01. The molecule has 0 fully saturated rings. The third-order valence-corrected chi connectivity index (χ3v) is 4.54. The molecule has 1 aliphatic rings. The highest BCUT2D eigenvalue weighted by Gasteiger charge is 2.29. The summed E-state index contributed by atoms with van der Waals surface area (Å²) in [6.07, 6.45) is 2.73. The van der Waals surface area contributed by atoms with Crippen LogP contribution in [0.1, 0.15) is 28.4 Å². The van der Waals surface area contributed by atoms with E-state index >= 15 is 0 Å². The Balaban J connectivity index is 1.58. The van der Waals surface area contributed by atoms with Crippen LogP contribution in [0.25, 0.3) is 6.08 Å². The average Bonchev–Trinajstić information content (AvgIpc) is 3.15. The van der Waals surface area contributed by atoms with Crippen molar-refractivity contribution in [2.24, 2.45) is 0 Å². The quantitative estimate of drug-likeness (QED) is 0.590. The topological polar surface area (TPSA) is 72.9 Å². The monoisotopic (exact) mass is 379 g/mol. The van der Waals surface area contributed by atoms with Gasteiger partial charge in [0.05, 0.1) is 12.7 Å². The molecule has 0 spiro atoms. The second kappa shape index (κ2) is 8.52. The van der Waals surface area contributed by atoms with Crippen molar-refractivity contribution >= 4 is 29.6 Å². The van der Waals surface area contributed by atoms with Gasteiger partial charge in [-0.25, -0.2) is 9.59 Å². The first-order valence-corrected chi connectivity index (χ1v) is 8.96. The van der Waals surface area contributed by atoms with Crippen molar-refractivity contribution in [1.29, 1.82) is 0 Å². The van der Waals surface area contributed by atoms with E-state index in [0.717, 1.165) is 23.2 Å². The molecule has 0 aromatic heterocycles. The fraction of sp³-hybridized carbons (Fsp3) is 0.227. The number of amides is 1. The number of nitrogens with zero attached hydrogens (tertiary/aromatic N) is 1. The van der Waals surface area contributed by atoms with Crippen LogP contribution in [0.4, 0.5) is 5.69 Å². The number of hydrogen-bond donors (Lipinski definition) is 0. The number of carbonyl (C=O) groups excluding carboxylic acids is 3. The maximum Gasteiger partial charge on any atom is 0.337 e. The minimum Gasteiger partial charge on any atom is -0.465 e. The number of rotatable bonds is 5. The summed E-state index contributed by atoms with van der Waals surface area (Å²) in [5.74, 6) is -1.27. The molecule has 6 nitrogen and oxygen atoms in total. The second-order valence-corrected chi connectivity index (χ2v) is 6.39. The maximum absolute atomic E-state index is 12.6. The highest BCUT2D eigenvalue weighted by Crippen LogP contribution is 2.28. The minimum atomic E-state index is -0.884. The molecule has 0 N–H and O–H groups in total. The Morgan fingerprint density at radius 1 is 1.07 bits per heavy atom. The Bertz CT molecular complexity index is 917. The van der Waals surface area contributed by atoms with E-state index in [1.165, 1.54) is 13.2 Å². The molecule has 3 rings (SSSR count). The molecule has 0 saturated carbocycles. The number of para-hydroxylation sites is 1. The largest absolute Gasteiger partial charge is 0.465 e. The van der Waals surface area contributed by atoms with Crippen molar-refractivity contribution in [2.75, 3.05) is 18.6 Å². The molecule has 6 heteroatoms. The Labute approximate surface area is 163 Å². The highest BCUT2D eigenvalue weighted by molar-refractivity contribution is 6.00. The molecule has 144 valence electrons. The summed E-state index contributed by atoms with van der Waals surface area (Å²) in [4.78, 5) is 37.8. The van der Waals surface area contributed by atoms with Gasteiger partial charge in [-0.1, -0.05) is 30.3 Å². The van der Waals surface area contributed by atoms with Crippen LogP contribution in [0.3, 0.4) is 0 Å². The van der Waals surface area contributed by atoms with Gasteiger partial charge >= 0.3 is 11.9 Å². The van der Waals surface area contributed by atoms with Crippen molar-refractivity contribution in [2.45, 2.75) is 19.4 Å². The van der Waals surface area contributed by atoms with Gasteiger partial charge in [0.15, 0.2) is 6.10 Å². The standard InChI is InChI=1S/C22H21NO5/c1-15(21(25)23-14-13-17-5-3-4-6-19(17)23)28-20(24)12-9-16-7-10-18(11-8-16)22(26)27-2/h3-12,15H,13-14H2,1-2H3/b12-9+/t15-/m1/s1. The number of fused-ring (bicyclic) bond motifs is 1. The van der Waals surface area contributed by atoms with Crippen LogP contribution in [0.2, 0.25) is 0 Å². The van der Waals surface area contributed by atoms with Crippen LogP contribution in [0.5, 0.6) is 0 Å². The summed E-state index contributed by atoms with van der Waals surface area (Å²) in [7, 11) is 1.31. The molecule has 0 aliphatic carbocycles. The molecule has 1 atom stereocenters. The van der Waals surface area contributed by atoms with Gasteiger partial charge in [0, 0.05) is 18.3 Å². The van der Waals surface area contributed by atoms with Gasteiger partial charge in [0.1, 0.15) is 0 Å². The normalized spacial score (nSPS) is 13.9. The van der Waals surface area contributed by atoms with E-state index < -0.39 is 18.0 Å². The fourth-order valence-electron chi connectivity index (χ4n) is 3.06. The average molecular weight is 379 g/mol. The Morgan fingerprint density at radius 3 is 2.50 bits per heavy atom. The zero-order valence-electron chi connectivity index (χ0n) is 15.8. The predicted molar refractivity (Wildman–Crippen MR) is 105 cm³/mol. The number of carbonyl (C=O) groups is 3. The summed E-state index contributed by atoms with van der Waals surface area (Å²) in [5, 5.41) is 0. The van der Waals surface area contributed by atoms with E-state index in [1.807, 2.05) is 24.3 Å². The summed E-state index contributed by atoms with van der Waals surface area (Å²) in [6, 6.07) is 14.3. The fourth-order valence-corrected chi connectivity index (χ4v) is 3.06. The van der Waals surface area contributed by atoms with Crippen LogP contribution in [-0.2, 0) is 25.5 Å². The maximum atomic E-state index is 12.6. The molecule has 0 unspecified atom stereocenters. The Hall–Kier alpha value is -3.41. The molecule has 0 bridgehead atoms. The van der Waals surface area contributed by atoms with Crippen molar-refractivity contribution in [3.8, 4) is 0 Å². The van der Waals surface area contributed by atoms with Crippen molar-refractivity contribution < 1.29 is 23.9 Å². The molecule has 1 heterocycles. The van der Waals surface area contributed by atoms with Gasteiger partial charge in [-0.15, -0.1) is 0 Å². The van der Waals surface area contributed by atoms with Crippen LogP contribution >= 0.6 is 0 Å². The van der Waals surface area contributed by atoms with E-state index in [9.17, 15) is 14.4 Å². The molecular formula is C22H21NO5. The summed E-state index contributed by atoms with van der Waals surface area (Å²) in [6.45, 7) is 2.16. The first kappa shape index (κ1) is 19.4. The van der Waals surface area contributed by atoms with E-state index in [0.29, 0.717) is 12.1 Å². The number of hydrogen-bond acceptors (Lipinski definition) is 5. The third kappa shape index (κ3) is 4.28. The zero-order valence-corrected chi connectivity index (χ0v) is 15.8. The Morgan fingerprint density at radius 2 is 1.79 bits per heavy atom. The molecular weight excluding hydrogens is 358 g/mol. The van der Waals surface area contributed by atoms with Gasteiger partial charge < -0.3 is 14.4 Å². The molecule has 2 aromatic carbocycles.